The van der Waals surface area contributed by atoms with Gasteiger partial charge in [-0.1, -0.05) is 42.7 Å². The largest absolute Gasteiger partial charge is 0.339 e. The van der Waals surface area contributed by atoms with Crippen LogP contribution in [0.5, 0.6) is 0 Å². The fourth-order valence-corrected chi connectivity index (χ4v) is 3.53. The summed E-state index contributed by atoms with van der Waals surface area (Å²) >= 11 is 0. The van der Waals surface area contributed by atoms with Gasteiger partial charge in [-0.05, 0) is 19.8 Å². The number of carbonyl (C=O) groups excluding carboxylic acids is 3. The minimum atomic E-state index is -0.467. The van der Waals surface area contributed by atoms with Crippen molar-refractivity contribution >= 4 is 17.6 Å². The molecular formula is C19H24N2O3. The molecule has 1 aliphatic carbocycles. The van der Waals surface area contributed by atoms with Gasteiger partial charge in [0.15, 0.2) is 0 Å². The van der Waals surface area contributed by atoms with E-state index in [1.807, 2.05) is 24.0 Å². The quantitative estimate of drug-likeness (QED) is 0.630. The molecule has 0 bridgehead atoms. The number of Topliss-reactive ketones (excluding diaryl/α,β-unsaturated/α-hetero) is 1. The molecule has 1 aromatic carbocycles. The van der Waals surface area contributed by atoms with Crippen LogP contribution in [0.15, 0.2) is 24.3 Å². The first-order valence-corrected chi connectivity index (χ1v) is 8.75. The highest BCUT2D eigenvalue weighted by Crippen LogP contribution is 2.27. The highest BCUT2D eigenvalue weighted by Gasteiger charge is 2.32. The molecule has 3 rings (SSSR count). The maximum atomic E-state index is 12.4. The Kier molecular flexibility index (Phi) is 4.97. The van der Waals surface area contributed by atoms with Crippen LogP contribution in [0.3, 0.4) is 0 Å². The molecule has 1 heterocycles. The lowest BCUT2D eigenvalue weighted by Gasteiger charge is -2.35. The van der Waals surface area contributed by atoms with Crippen LogP contribution in [-0.2, 0) is 9.59 Å². The van der Waals surface area contributed by atoms with Crippen molar-refractivity contribution in [2.45, 2.75) is 32.6 Å². The molecule has 1 saturated carbocycles. The number of amides is 2. The summed E-state index contributed by atoms with van der Waals surface area (Å²) in [4.78, 5) is 40.5. The van der Waals surface area contributed by atoms with E-state index in [2.05, 4.69) is 0 Å². The molecule has 1 aliphatic heterocycles. The minimum absolute atomic E-state index is 0.168. The van der Waals surface area contributed by atoms with E-state index in [0.29, 0.717) is 31.7 Å². The zero-order chi connectivity index (χ0) is 17.1. The van der Waals surface area contributed by atoms with Gasteiger partial charge in [0, 0.05) is 37.7 Å². The third-order valence-corrected chi connectivity index (χ3v) is 5.09. The van der Waals surface area contributed by atoms with Gasteiger partial charge in [0.05, 0.1) is 0 Å². The van der Waals surface area contributed by atoms with Gasteiger partial charge in [0.1, 0.15) is 0 Å². The smallest absolute Gasteiger partial charge is 0.295 e. The molecule has 0 atom stereocenters. The predicted molar refractivity (Wildman–Crippen MR) is 90.6 cm³/mol. The zero-order valence-corrected chi connectivity index (χ0v) is 14.2. The summed E-state index contributed by atoms with van der Waals surface area (Å²) in [7, 11) is 0. The summed E-state index contributed by atoms with van der Waals surface area (Å²) in [5, 5.41) is 0. The van der Waals surface area contributed by atoms with Gasteiger partial charge in [-0.25, -0.2) is 0 Å². The lowest BCUT2D eigenvalue weighted by molar-refractivity contribution is -0.140. The highest BCUT2D eigenvalue weighted by molar-refractivity contribution is 6.42. The third kappa shape index (κ3) is 3.50. The number of hydrogen-bond acceptors (Lipinski definition) is 3. The molecule has 1 saturated heterocycles. The second-order valence-corrected chi connectivity index (χ2v) is 6.79. The molecule has 5 nitrogen and oxygen atoms in total. The predicted octanol–water partition coefficient (Wildman–Crippen LogP) is 2.04. The van der Waals surface area contributed by atoms with Crippen LogP contribution >= 0.6 is 0 Å². The highest BCUT2D eigenvalue weighted by atomic mass is 16.2. The van der Waals surface area contributed by atoms with E-state index >= 15 is 0 Å². The van der Waals surface area contributed by atoms with E-state index < -0.39 is 11.7 Å². The van der Waals surface area contributed by atoms with Crippen LogP contribution < -0.4 is 0 Å². The molecule has 0 N–H and O–H groups in total. The molecular weight excluding hydrogens is 304 g/mol. The van der Waals surface area contributed by atoms with Gasteiger partial charge in [-0.3, -0.25) is 14.4 Å². The van der Waals surface area contributed by atoms with Crippen molar-refractivity contribution in [3.05, 3.63) is 35.4 Å². The first kappa shape index (κ1) is 16.7. The van der Waals surface area contributed by atoms with E-state index in [4.69, 9.17) is 0 Å². The lowest BCUT2D eigenvalue weighted by Crippen LogP contribution is -2.53. The summed E-state index contributed by atoms with van der Waals surface area (Å²) < 4.78 is 0. The number of hydrogen-bond donors (Lipinski definition) is 0. The van der Waals surface area contributed by atoms with Gasteiger partial charge in [0.25, 0.3) is 5.91 Å². The monoisotopic (exact) mass is 328 g/mol. The van der Waals surface area contributed by atoms with Crippen molar-refractivity contribution in [3.63, 3.8) is 0 Å². The number of ketones is 1. The first-order chi connectivity index (χ1) is 11.6. The first-order valence-electron chi connectivity index (χ1n) is 8.75. The molecule has 2 fully saturated rings. The van der Waals surface area contributed by atoms with Crippen LogP contribution in [0.25, 0.3) is 0 Å². The third-order valence-electron chi connectivity index (χ3n) is 5.09. The van der Waals surface area contributed by atoms with E-state index in [-0.39, 0.29) is 11.8 Å². The van der Waals surface area contributed by atoms with E-state index in [1.165, 1.54) is 0 Å². The zero-order valence-electron chi connectivity index (χ0n) is 14.2. The molecule has 128 valence electrons. The Bertz CT molecular complexity index is 625. The SMILES string of the molecule is Cc1ccc(C(=O)C(=O)N2CCN(C(=O)C3CCCC3)CC2)cc1. The van der Waals surface area contributed by atoms with Gasteiger partial charge < -0.3 is 9.80 Å². The van der Waals surface area contributed by atoms with Crippen molar-refractivity contribution in [2.75, 3.05) is 26.2 Å². The van der Waals surface area contributed by atoms with Gasteiger partial charge in [0.2, 0.25) is 11.7 Å². The maximum absolute atomic E-state index is 12.4. The number of nitrogens with zero attached hydrogens (tertiary/aromatic N) is 2. The molecule has 1 aromatic rings. The second kappa shape index (κ2) is 7.16. The number of benzene rings is 1. The maximum Gasteiger partial charge on any atom is 0.295 e. The van der Waals surface area contributed by atoms with Crippen molar-refractivity contribution in [2.24, 2.45) is 5.92 Å². The lowest BCUT2D eigenvalue weighted by atomic mass is 10.1. The molecule has 0 radical (unpaired) electrons. The summed E-state index contributed by atoms with van der Waals surface area (Å²) in [5.41, 5.74) is 1.48. The van der Waals surface area contributed by atoms with E-state index in [9.17, 15) is 14.4 Å². The standard InChI is InChI=1S/C19H24N2O3/c1-14-6-8-15(9-7-14)17(22)19(24)21-12-10-20(11-13-21)18(23)16-4-2-3-5-16/h6-9,16H,2-5,10-13H2,1H3. The fourth-order valence-electron chi connectivity index (χ4n) is 3.53. The fraction of sp³-hybridized carbons (Fsp3) is 0.526. The average Bonchev–Trinajstić information content (AvgIpc) is 3.15. The Morgan fingerprint density at radius 3 is 2.00 bits per heavy atom. The summed E-state index contributed by atoms with van der Waals surface area (Å²) in [6.07, 6.45) is 4.26. The van der Waals surface area contributed by atoms with Crippen LogP contribution in [0.4, 0.5) is 0 Å². The Morgan fingerprint density at radius 1 is 0.875 bits per heavy atom. The molecule has 0 aromatic heterocycles. The van der Waals surface area contributed by atoms with Crippen LogP contribution in [0.2, 0.25) is 0 Å². The molecule has 0 unspecified atom stereocenters. The van der Waals surface area contributed by atoms with Crippen LogP contribution in [0, 0.1) is 12.8 Å². The van der Waals surface area contributed by atoms with Gasteiger partial charge in [-0.15, -0.1) is 0 Å². The number of rotatable bonds is 3. The Balaban J connectivity index is 1.55. The normalized spacial score (nSPS) is 18.7. The summed E-state index contributed by atoms with van der Waals surface area (Å²) in [5.74, 6) is -0.539. The number of aryl methyl sites for hydroxylation is 1. The van der Waals surface area contributed by atoms with E-state index in [1.54, 1.807) is 17.0 Å². The molecule has 5 heteroatoms. The number of carbonyl (C=O) groups is 3. The van der Waals surface area contributed by atoms with Crippen molar-refractivity contribution in [1.82, 2.24) is 9.80 Å². The van der Waals surface area contributed by atoms with Gasteiger partial charge in [-0.2, -0.15) is 0 Å². The number of piperazine rings is 1. The average molecular weight is 328 g/mol. The molecule has 2 aliphatic rings. The molecule has 0 spiro atoms. The van der Waals surface area contributed by atoms with Crippen LogP contribution in [0.1, 0.15) is 41.6 Å². The molecule has 2 amide bonds. The van der Waals surface area contributed by atoms with Crippen molar-refractivity contribution in [1.29, 1.82) is 0 Å². The Labute approximate surface area is 142 Å². The van der Waals surface area contributed by atoms with Gasteiger partial charge >= 0.3 is 0 Å². The minimum Gasteiger partial charge on any atom is -0.339 e. The van der Waals surface area contributed by atoms with E-state index in [0.717, 1.165) is 31.2 Å². The Hall–Kier alpha value is -2.17. The summed E-state index contributed by atoms with van der Waals surface area (Å²) in [6.45, 7) is 3.88. The molecule has 24 heavy (non-hydrogen) atoms. The van der Waals surface area contributed by atoms with Crippen LogP contribution in [-0.4, -0.2) is 53.6 Å². The van der Waals surface area contributed by atoms with Crippen molar-refractivity contribution in [3.8, 4) is 0 Å². The summed E-state index contributed by atoms with van der Waals surface area (Å²) in [6, 6.07) is 7.04. The van der Waals surface area contributed by atoms with Crippen molar-refractivity contribution < 1.29 is 14.4 Å². The topological polar surface area (TPSA) is 57.7 Å². The second-order valence-electron chi connectivity index (χ2n) is 6.79. The Morgan fingerprint density at radius 2 is 1.42 bits per heavy atom.